The van der Waals surface area contributed by atoms with Crippen LogP contribution in [0.1, 0.15) is 19.4 Å². The van der Waals surface area contributed by atoms with E-state index >= 15 is 0 Å². The van der Waals surface area contributed by atoms with Crippen molar-refractivity contribution in [3.63, 3.8) is 0 Å². The molecule has 1 atom stereocenters. The standard InChI is InChI=1S/C13H18N4/c1-13(2)10-17(9-12(13)15-16-14)8-11-6-4-3-5-7-11/h3-7,12H,8-10H2,1-2H3/t12-/m1/s1. The van der Waals surface area contributed by atoms with Gasteiger partial charge in [0, 0.05) is 24.5 Å². The molecule has 1 aliphatic heterocycles. The Bertz CT molecular complexity index is 420. The van der Waals surface area contributed by atoms with Crippen molar-refractivity contribution < 1.29 is 0 Å². The van der Waals surface area contributed by atoms with Crippen molar-refractivity contribution >= 4 is 0 Å². The van der Waals surface area contributed by atoms with Crippen molar-refractivity contribution in [1.29, 1.82) is 0 Å². The van der Waals surface area contributed by atoms with E-state index in [1.54, 1.807) is 0 Å². The summed E-state index contributed by atoms with van der Waals surface area (Å²) in [5.41, 5.74) is 9.96. The lowest BCUT2D eigenvalue weighted by atomic mass is 9.88. The first-order valence-corrected chi connectivity index (χ1v) is 5.92. The van der Waals surface area contributed by atoms with E-state index in [0.29, 0.717) is 0 Å². The van der Waals surface area contributed by atoms with Crippen molar-refractivity contribution in [2.24, 2.45) is 10.5 Å². The van der Waals surface area contributed by atoms with E-state index in [2.05, 4.69) is 53.0 Å². The second-order valence-electron chi connectivity index (χ2n) is 5.36. The fraction of sp³-hybridized carbons (Fsp3) is 0.538. The number of azide groups is 1. The van der Waals surface area contributed by atoms with Crippen LogP contribution in [0.25, 0.3) is 10.4 Å². The summed E-state index contributed by atoms with van der Waals surface area (Å²) in [5.74, 6) is 0. The van der Waals surface area contributed by atoms with Crippen molar-refractivity contribution in [3.8, 4) is 0 Å². The Kier molecular flexibility index (Phi) is 3.36. The molecule has 0 radical (unpaired) electrons. The molecule has 0 saturated carbocycles. The Morgan fingerprint density at radius 1 is 1.41 bits per heavy atom. The molecule has 4 nitrogen and oxygen atoms in total. The summed E-state index contributed by atoms with van der Waals surface area (Å²) in [7, 11) is 0. The molecule has 1 saturated heterocycles. The van der Waals surface area contributed by atoms with Gasteiger partial charge in [0.15, 0.2) is 0 Å². The minimum Gasteiger partial charge on any atom is -0.298 e. The van der Waals surface area contributed by atoms with Crippen LogP contribution in [0.5, 0.6) is 0 Å². The molecule has 17 heavy (non-hydrogen) atoms. The molecule has 1 aliphatic rings. The van der Waals surface area contributed by atoms with Crippen molar-refractivity contribution in [1.82, 2.24) is 4.90 Å². The SMILES string of the molecule is CC1(C)CN(Cc2ccccc2)C[C@H]1N=[N+]=[N-]. The summed E-state index contributed by atoms with van der Waals surface area (Å²) >= 11 is 0. The largest absolute Gasteiger partial charge is 0.298 e. The maximum atomic E-state index is 8.57. The Labute approximate surface area is 102 Å². The molecule has 1 aromatic rings. The lowest BCUT2D eigenvalue weighted by Gasteiger charge is -2.21. The summed E-state index contributed by atoms with van der Waals surface area (Å²) < 4.78 is 0. The highest BCUT2D eigenvalue weighted by atomic mass is 15.2. The highest BCUT2D eigenvalue weighted by Crippen LogP contribution is 2.32. The minimum atomic E-state index is 0.0704. The maximum Gasteiger partial charge on any atom is 0.0564 e. The number of rotatable bonds is 3. The van der Waals surface area contributed by atoms with E-state index in [-0.39, 0.29) is 11.5 Å². The average molecular weight is 230 g/mol. The third-order valence-electron chi connectivity index (χ3n) is 3.40. The average Bonchev–Trinajstić information content (AvgIpc) is 2.55. The molecule has 90 valence electrons. The fourth-order valence-electron chi connectivity index (χ4n) is 2.46. The molecule has 1 heterocycles. The number of hydrogen-bond donors (Lipinski definition) is 0. The van der Waals surface area contributed by atoms with Gasteiger partial charge in [-0.15, -0.1) is 0 Å². The van der Waals surface area contributed by atoms with E-state index in [1.807, 2.05) is 6.07 Å². The van der Waals surface area contributed by atoms with Gasteiger partial charge in [-0.05, 0) is 16.5 Å². The number of likely N-dealkylation sites (tertiary alicyclic amines) is 1. The van der Waals surface area contributed by atoms with E-state index < -0.39 is 0 Å². The normalized spacial score (nSPS) is 23.3. The lowest BCUT2D eigenvalue weighted by Crippen LogP contribution is -2.25. The smallest absolute Gasteiger partial charge is 0.0564 e. The molecule has 4 heteroatoms. The zero-order valence-electron chi connectivity index (χ0n) is 10.4. The van der Waals surface area contributed by atoms with Crippen molar-refractivity contribution in [2.75, 3.05) is 13.1 Å². The van der Waals surface area contributed by atoms with Crippen LogP contribution in [-0.4, -0.2) is 24.0 Å². The summed E-state index contributed by atoms with van der Waals surface area (Å²) in [6.07, 6.45) is 0. The van der Waals surface area contributed by atoms with Gasteiger partial charge in [-0.3, -0.25) is 4.90 Å². The molecule has 1 fully saturated rings. The van der Waals surface area contributed by atoms with Crippen LogP contribution < -0.4 is 0 Å². The first-order chi connectivity index (χ1) is 8.12. The van der Waals surface area contributed by atoms with Crippen LogP contribution >= 0.6 is 0 Å². The van der Waals surface area contributed by atoms with Crippen LogP contribution in [0, 0.1) is 5.41 Å². The van der Waals surface area contributed by atoms with E-state index in [1.165, 1.54) is 5.56 Å². The molecular weight excluding hydrogens is 212 g/mol. The minimum absolute atomic E-state index is 0.0704. The third-order valence-corrected chi connectivity index (χ3v) is 3.40. The van der Waals surface area contributed by atoms with E-state index in [4.69, 9.17) is 5.53 Å². The fourth-order valence-corrected chi connectivity index (χ4v) is 2.46. The van der Waals surface area contributed by atoms with Gasteiger partial charge < -0.3 is 0 Å². The van der Waals surface area contributed by atoms with Gasteiger partial charge in [-0.25, -0.2) is 0 Å². The first kappa shape index (κ1) is 12.0. The summed E-state index contributed by atoms with van der Waals surface area (Å²) in [5, 5.41) is 3.91. The zero-order valence-corrected chi connectivity index (χ0v) is 10.4. The van der Waals surface area contributed by atoms with Gasteiger partial charge in [-0.2, -0.15) is 0 Å². The summed E-state index contributed by atoms with van der Waals surface area (Å²) in [4.78, 5) is 5.31. The topological polar surface area (TPSA) is 52.0 Å². The molecule has 0 unspecified atom stereocenters. The van der Waals surface area contributed by atoms with Crippen LogP contribution in [-0.2, 0) is 6.54 Å². The van der Waals surface area contributed by atoms with Crippen molar-refractivity contribution in [3.05, 3.63) is 46.3 Å². The Morgan fingerprint density at radius 3 is 2.76 bits per heavy atom. The second kappa shape index (κ2) is 4.78. The van der Waals surface area contributed by atoms with Crippen LogP contribution in [0.3, 0.4) is 0 Å². The molecule has 0 N–H and O–H groups in total. The molecule has 1 aromatic carbocycles. The number of nitrogens with zero attached hydrogens (tertiary/aromatic N) is 4. The van der Waals surface area contributed by atoms with Gasteiger partial charge in [-0.1, -0.05) is 49.3 Å². The van der Waals surface area contributed by atoms with Crippen LogP contribution in [0.4, 0.5) is 0 Å². The number of hydrogen-bond acceptors (Lipinski definition) is 2. The first-order valence-electron chi connectivity index (χ1n) is 5.92. The summed E-state index contributed by atoms with van der Waals surface area (Å²) in [6.45, 7) is 7.09. The van der Waals surface area contributed by atoms with Gasteiger partial charge in [0.25, 0.3) is 0 Å². The molecule has 0 amide bonds. The number of benzene rings is 1. The Morgan fingerprint density at radius 2 is 2.12 bits per heavy atom. The van der Waals surface area contributed by atoms with Crippen LogP contribution in [0.15, 0.2) is 35.4 Å². The summed E-state index contributed by atoms with van der Waals surface area (Å²) in [6, 6.07) is 10.5. The van der Waals surface area contributed by atoms with Gasteiger partial charge >= 0.3 is 0 Å². The second-order valence-corrected chi connectivity index (χ2v) is 5.36. The Hall–Kier alpha value is -1.51. The Balaban J connectivity index is 2.04. The maximum absolute atomic E-state index is 8.57. The van der Waals surface area contributed by atoms with Gasteiger partial charge in [0.2, 0.25) is 0 Å². The predicted molar refractivity (Wildman–Crippen MR) is 68.4 cm³/mol. The monoisotopic (exact) mass is 230 g/mol. The molecule has 0 bridgehead atoms. The quantitative estimate of drug-likeness (QED) is 0.447. The highest BCUT2D eigenvalue weighted by molar-refractivity contribution is 5.15. The lowest BCUT2D eigenvalue weighted by molar-refractivity contribution is 0.282. The molecule has 0 aliphatic carbocycles. The van der Waals surface area contributed by atoms with Crippen LogP contribution in [0.2, 0.25) is 0 Å². The molecule has 0 aromatic heterocycles. The molecule has 2 rings (SSSR count). The van der Waals surface area contributed by atoms with E-state index in [9.17, 15) is 0 Å². The highest BCUT2D eigenvalue weighted by Gasteiger charge is 2.38. The van der Waals surface area contributed by atoms with Crippen molar-refractivity contribution in [2.45, 2.75) is 26.4 Å². The molecular formula is C13H18N4. The molecule has 0 spiro atoms. The zero-order chi connectivity index (χ0) is 12.3. The third kappa shape index (κ3) is 2.78. The van der Waals surface area contributed by atoms with Gasteiger partial charge in [0.1, 0.15) is 0 Å². The van der Waals surface area contributed by atoms with Gasteiger partial charge in [0.05, 0.1) is 6.04 Å². The van der Waals surface area contributed by atoms with E-state index in [0.717, 1.165) is 19.6 Å². The predicted octanol–water partition coefficient (Wildman–Crippen LogP) is 3.21.